The minimum Gasteiger partial charge on any atom is -0.465 e. The summed E-state index contributed by atoms with van der Waals surface area (Å²) in [6.45, 7) is 8.04. The maximum absolute atomic E-state index is 13.1. The Labute approximate surface area is 194 Å². The first-order valence-corrected chi connectivity index (χ1v) is 12.8. The lowest BCUT2D eigenvalue weighted by Gasteiger charge is -2.44. The van der Waals surface area contributed by atoms with Gasteiger partial charge in [-0.15, -0.1) is 0 Å². The molecule has 0 bridgehead atoms. The van der Waals surface area contributed by atoms with Crippen LogP contribution in [0, 0.1) is 23.7 Å². The van der Waals surface area contributed by atoms with Gasteiger partial charge in [-0.3, -0.25) is 9.59 Å². The van der Waals surface area contributed by atoms with Crippen molar-refractivity contribution >= 4 is 11.9 Å². The lowest BCUT2D eigenvalue weighted by Crippen LogP contribution is -2.44. The minimum absolute atomic E-state index is 0.110. The molecule has 4 unspecified atom stereocenters. The van der Waals surface area contributed by atoms with Gasteiger partial charge in [0, 0.05) is 6.61 Å². The normalized spacial score (nSPS) is 26.3. The van der Waals surface area contributed by atoms with Crippen molar-refractivity contribution in [2.24, 2.45) is 23.7 Å². The fourth-order valence-corrected chi connectivity index (χ4v) is 5.59. The third-order valence-electron chi connectivity index (χ3n) is 7.29. The van der Waals surface area contributed by atoms with Crippen molar-refractivity contribution in [1.29, 1.82) is 0 Å². The highest BCUT2D eigenvalue weighted by molar-refractivity contribution is 5.75. The molecule has 0 radical (unpaired) electrons. The van der Waals surface area contributed by atoms with Crippen LogP contribution in [-0.4, -0.2) is 46.6 Å². The van der Waals surface area contributed by atoms with Gasteiger partial charge in [0.15, 0.2) is 0 Å². The molecule has 32 heavy (non-hydrogen) atoms. The van der Waals surface area contributed by atoms with Crippen LogP contribution in [0.3, 0.4) is 0 Å². The van der Waals surface area contributed by atoms with E-state index in [4.69, 9.17) is 14.6 Å². The number of aliphatic hydroxyl groups excluding tert-OH is 1. The molecule has 2 aliphatic rings. The van der Waals surface area contributed by atoms with Gasteiger partial charge in [0.2, 0.25) is 0 Å². The molecule has 0 aromatic rings. The molecule has 0 heterocycles. The Kier molecular flexibility index (Phi) is 10.5. The summed E-state index contributed by atoms with van der Waals surface area (Å²) in [5.41, 5.74) is -1.21. The molecule has 6 heteroatoms. The summed E-state index contributed by atoms with van der Waals surface area (Å²) >= 11 is 0. The topological polar surface area (TPSA) is 93.1 Å². The monoisotopic (exact) mass is 454 g/mol. The van der Waals surface area contributed by atoms with Crippen molar-refractivity contribution < 1.29 is 29.3 Å². The molecule has 2 fully saturated rings. The van der Waals surface area contributed by atoms with Gasteiger partial charge in [-0.25, -0.2) is 0 Å². The Morgan fingerprint density at radius 2 is 1.38 bits per heavy atom. The van der Waals surface area contributed by atoms with Crippen molar-refractivity contribution in [3.05, 3.63) is 0 Å². The lowest BCUT2D eigenvalue weighted by molar-refractivity contribution is -0.171. The van der Waals surface area contributed by atoms with Crippen molar-refractivity contribution in [3.63, 3.8) is 0 Å². The Bertz CT molecular complexity index is 594. The van der Waals surface area contributed by atoms with Crippen LogP contribution in [0.25, 0.3) is 0 Å². The molecule has 0 aromatic heterocycles. The third-order valence-corrected chi connectivity index (χ3v) is 7.29. The first-order chi connectivity index (χ1) is 15.0. The van der Waals surface area contributed by atoms with Gasteiger partial charge >= 0.3 is 11.9 Å². The number of carbonyl (C=O) groups is 2. The molecule has 2 saturated carbocycles. The number of carbonyl (C=O) groups excluding carboxylic acids is 2. The van der Waals surface area contributed by atoms with Gasteiger partial charge in [0.05, 0.1) is 24.0 Å². The number of esters is 2. The van der Waals surface area contributed by atoms with Crippen molar-refractivity contribution in [2.45, 2.75) is 116 Å². The highest BCUT2D eigenvalue weighted by atomic mass is 16.6. The van der Waals surface area contributed by atoms with Crippen LogP contribution in [0.4, 0.5) is 0 Å². The summed E-state index contributed by atoms with van der Waals surface area (Å²) in [5.74, 6) is -0.0671. The Morgan fingerprint density at radius 1 is 0.812 bits per heavy atom. The second-order valence-corrected chi connectivity index (χ2v) is 11.2. The number of rotatable bonds is 12. The average molecular weight is 455 g/mol. The highest BCUT2D eigenvalue weighted by Gasteiger charge is 2.46. The summed E-state index contributed by atoms with van der Waals surface area (Å²) in [5, 5.41) is 18.8. The van der Waals surface area contributed by atoms with E-state index in [1.165, 1.54) is 0 Å². The van der Waals surface area contributed by atoms with E-state index >= 15 is 0 Å². The van der Waals surface area contributed by atoms with E-state index in [9.17, 15) is 14.7 Å². The number of hydrogen-bond acceptors (Lipinski definition) is 6. The summed E-state index contributed by atoms with van der Waals surface area (Å²) in [4.78, 5) is 26.0. The van der Waals surface area contributed by atoms with Crippen LogP contribution >= 0.6 is 0 Å². The first kappa shape index (κ1) is 27.1. The van der Waals surface area contributed by atoms with Gasteiger partial charge in [-0.05, 0) is 104 Å². The predicted octanol–water partition coefficient (Wildman–Crippen LogP) is 4.79. The number of unbranched alkanes of at least 4 members (excludes halogenated alkanes) is 2. The molecule has 2 N–H and O–H groups in total. The zero-order chi connectivity index (χ0) is 23.8. The summed E-state index contributed by atoms with van der Waals surface area (Å²) in [7, 11) is 0. The van der Waals surface area contributed by atoms with E-state index in [1.807, 2.05) is 13.8 Å². The van der Waals surface area contributed by atoms with Gasteiger partial charge in [0.1, 0.15) is 5.60 Å². The Morgan fingerprint density at radius 3 is 1.94 bits per heavy atom. The number of hydrogen-bond donors (Lipinski definition) is 2. The first-order valence-electron chi connectivity index (χ1n) is 12.8. The molecule has 0 spiro atoms. The molecule has 186 valence electrons. The highest BCUT2D eigenvalue weighted by Crippen LogP contribution is 2.47. The second-order valence-electron chi connectivity index (χ2n) is 11.2. The smallest absolute Gasteiger partial charge is 0.309 e. The van der Waals surface area contributed by atoms with Crippen LogP contribution in [0.5, 0.6) is 0 Å². The SMILES string of the molecule is CC(C)(O)CCCCOC(=O)C1CCCC2C(C(=O)OC(C)(C)CCCCO)CCCC12. The maximum Gasteiger partial charge on any atom is 0.309 e. The van der Waals surface area contributed by atoms with Crippen LogP contribution in [0.1, 0.15) is 105 Å². The van der Waals surface area contributed by atoms with Gasteiger partial charge < -0.3 is 19.7 Å². The Hall–Kier alpha value is -1.14. The quantitative estimate of drug-likeness (QED) is 0.325. The van der Waals surface area contributed by atoms with Crippen LogP contribution < -0.4 is 0 Å². The van der Waals surface area contributed by atoms with Crippen molar-refractivity contribution in [2.75, 3.05) is 13.2 Å². The van der Waals surface area contributed by atoms with Crippen molar-refractivity contribution in [3.8, 4) is 0 Å². The molecule has 4 atom stereocenters. The molecule has 0 aromatic carbocycles. The second kappa shape index (κ2) is 12.4. The standard InChI is InChI=1S/C26H46O6/c1-25(2,30)15-6-8-18-31-23(28)21-13-9-12-20-19(21)11-10-14-22(20)24(29)32-26(3,4)16-5-7-17-27/h19-22,27,30H,5-18H2,1-4H3. The maximum atomic E-state index is 13.1. The molecule has 0 aliphatic heterocycles. The third kappa shape index (κ3) is 8.66. The van der Waals surface area contributed by atoms with Crippen LogP contribution in [-0.2, 0) is 19.1 Å². The Balaban J connectivity index is 1.89. The lowest BCUT2D eigenvalue weighted by atomic mass is 9.61. The predicted molar refractivity (Wildman–Crippen MR) is 124 cm³/mol. The molecule has 2 rings (SSSR count). The van der Waals surface area contributed by atoms with E-state index < -0.39 is 11.2 Å². The molecule has 0 saturated heterocycles. The zero-order valence-corrected chi connectivity index (χ0v) is 20.7. The van der Waals surface area contributed by atoms with Gasteiger partial charge in [-0.1, -0.05) is 12.8 Å². The number of ether oxygens (including phenoxy) is 2. The molecule has 2 aliphatic carbocycles. The van der Waals surface area contributed by atoms with E-state index in [1.54, 1.807) is 13.8 Å². The summed E-state index contributed by atoms with van der Waals surface area (Å²) < 4.78 is 11.5. The molecule has 6 nitrogen and oxygen atoms in total. The van der Waals surface area contributed by atoms with E-state index in [-0.39, 0.29) is 42.2 Å². The van der Waals surface area contributed by atoms with E-state index in [2.05, 4.69) is 0 Å². The van der Waals surface area contributed by atoms with Gasteiger partial charge in [0.25, 0.3) is 0 Å². The molecular weight excluding hydrogens is 408 g/mol. The zero-order valence-electron chi connectivity index (χ0n) is 20.7. The summed E-state index contributed by atoms with van der Waals surface area (Å²) in [6, 6.07) is 0. The largest absolute Gasteiger partial charge is 0.465 e. The van der Waals surface area contributed by atoms with Crippen LogP contribution in [0.15, 0.2) is 0 Å². The van der Waals surface area contributed by atoms with Gasteiger partial charge in [-0.2, -0.15) is 0 Å². The molecule has 0 amide bonds. The molecular formula is C26H46O6. The van der Waals surface area contributed by atoms with Crippen LogP contribution in [0.2, 0.25) is 0 Å². The van der Waals surface area contributed by atoms with E-state index in [0.717, 1.165) is 70.6 Å². The minimum atomic E-state index is -0.681. The average Bonchev–Trinajstić information content (AvgIpc) is 2.71. The fourth-order valence-electron chi connectivity index (χ4n) is 5.59. The number of fused-ring (bicyclic) bond motifs is 1. The van der Waals surface area contributed by atoms with Crippen molar-refractivity contribution in [1.82, 2.24) is 0 Å². The van der Waals surface area contributed by atoms with E-state index in [0.29, 0.717) is 13.0 Å². The fraction of sp³-hybridized carbons (Fsp3) is 0.923. The summed E-state index contributed by atoms with van der Waals surface area (Å²) in [6.07, 6.45) is 10.1. The number of aliphatic hydroxyl groups is 2.